The first kappa shape index (κ1) is 24.0. The van der Waals surface area contributed by atoms with E-state index in [0.29, 0.717) is 0 Å². The molecule has 0 aliphatic heterocycles. The van der Waals surface area contributed by atoms with Crippen LogP contribution in [0.4, 0.5) is 5.69 Å². The molecular formula is C21H28Cl2N4O. The molecule has 0 radical (unpaired) electrons. The van der Waals surface area contributed by atoms with Crippen LogP contribution < -0.4 is 11.1 Å². The second-order valence-corrected chi connectivity index (χ2v) is 7.11. The molecule has 3 rings (SSSR count). The maximum absolute atomic E-state index is 12.8. The van der Waals surface area contributed by atoms with E-state index in [1.54, 1.807) is 6.92 Å². The fourth-order valence-corrected chi connectivity index (χ4v) is 2.94. The topological polar surface area (TPSA) is 63.3 Å². The molecule has 5 nitrogen and oxygen atoms in total. The molecule has 0 spiro atoms. The first-order chi connectivity index (χ1) is 12.4. The highest BCUT2D eigenvalue weighted by atomic mass is 35.5. The van der Waals surface area contributed by atoms with Gasteiger partial charge >= 0.3 is 0 Å². The molecule has 3 aromatic rings. The molecule has 0 bridgehead atoms. The van der Waals surface area contributed by atoms with E-state index in [2.05, 4.69) is 41.1 Å². The summed E-state index contributed by atoms with van der Waals surface area (Å²) in [6.45, 7) is 3.58. The van der Waals surface area contributed by atoms with Crippen molar-refractivity contribution in [3.05, 3.63) is 66.4 Å². The number of nitrogens with two attached hydrogens (primary N) is 1. The van der Waals surface area contributed by atoms with Crippen LogP contribution in [0.1, 0.15) is 12.5 Å². The summed E-state index contributed by atoms with van der Waals surface area (Å²) < 4.78 is 2.20. The van der Waals surface area contributed by atoms with Gasteiger partial charge in [0.2, 0.25) is 5.91 Å². The normalized spacial score (nSPS) is 12.8. The van der Waals surface area contributed by atoms with Crippen molar-refractivity contribution >= 4 is 47.3 Å². The monoisotopic (exact) mass is 422 g/mol. The average Bonchev–Trinajstić information content (AvgIpc) is 3.03. The van der Waals surface area contributed by atoms with Gasteiger partial charge in [-0.2, -0.15) is 0 Å². The number of benzene rings is 2. The van der Waals surface area contributed by atoms with Crippen molar-refractivity contribution in [2.24, 2.45) is 5.73 Å². The Kier molecular flexibility index (Phi) is 8.51. The van der Waals surface area contributed by atoms with Crippen LogP contribution in [0.25, 0.3) is 10.9 Å². The highest BCUT2D eigenvalue weighted by Gasteiger charge is 2.30. The molecule has 7 heteroatoms. The van der Waals surface area contributed by atoms with Crippen LogP contribution in [-0.4, -0.2) is 36.0 Å². The number of nitrogens with one attached hydrogen (secondary N) is 1. The second-order valence-electron chi connectivity index (χ2n) is 7.11. The number of hydrogen-bond donors (Lipinski definition) is 2. The summed E-state index contributed by atoms with van der Waals surface area (Å²) in [4.78, 5) is 14.9. The van der Waals surface area contributed by atoms with Gasteiger partial charge in [-0.25, -0.2) is 0 Å². The molecule has 1 atom stereocenters. The molecule has 1 heterocycles. The Bertz CT molecular complexity index is 907. The Hall–Kier alpha value is -2.05. The van der Waals surface area contributed by atoms with Crippen molar-refractivity contribution < 1.29 is 4.79 Å². The molecule has 0 saturated heterocycles. The lowest BCUT2D eigenvalue weighted by Gasteiger charge is -2.24. The molecule has 0 aliphatic carbocycles. The number of amides is 1. The van der Waals surface area contributed by atoms with E-state index in [1.807, 2.05) is 48.5 Å². The largest absolute Gasteiger partial charge is 0.346 e. The maximum Gasteiger partial charge on any atom is 0.248 e. The minimum absolute atomic E-state index is 0. The second kappa shape index (κ2) is 9.94. The molecular weight excluding hydrogens is 395 g/mol. The van der Waals surface area contributed by atoms with E-state index < -0.39 is 5.54 Å². The Labute approximate surface area is 178 Å². The Balaban J connectivity index is 0.00000196. The number of likely N-dealkylation sites (N-methyl/N-ethyl adjacent to an activating group) is 1. The number of carbonyl (C=O) groups is 1. The van der Waals surface area contributed by atoms with Gasteiger partial charge in [-0.1, -0.05) is 36.4 Å². The molecule has 152 valence electrons. The Morgan fingerprint density at radius 3 is 2.43 bits per heavy atom. The molecule has 0 saturated carbocycles. The van der Waals surface area contributed by atoms with Gasteiger partial charge in [-0.05, 0) is 50.2 Å². The van der Waals surface area contributed by atoms with Crippen molar-refractivity contribution in [2.75, 3.05) is 26.0 Å². The third-order valence-electron chi connectivity index (χ3n) is 4.67. The van der Waals surface area contributed by atoms with Gasteiger partial charge in [0, 0.05) is 25.0 Å². The molecule has 0 aliphatic rings. The minimum atomic E-state index is -1.09. The lowest BCUT2D eigenvalue weighted by atomic mass is 9.92. The molecule has 3 N–H and O–H groups in total. The molecule has 1 unspecified atom stereocenters. The van der Waals surface area contributed by atoms with Crippen LogP contribution in [0, 0.1) is 0 Å². The first-order valence-corrected chi connectivity index (χ1v) is 8.77. The zero-order chi connectivity index (χ0) is 18.7. The van der Waals surface area contributed by atoms with Crippen LogP contribution in [-0.2, 0) is 16.9 Å². The lowest BCUT2D eigenvalue weighted by molar-refractivity contribution is -0.120. The highest BCUT2D eigenvalue weighted by molar-refractivity contribution is 5.99. The smallest absolute Gasteiger partial charge is 0.248 e. The van der Waals surface area contributed by atoms with Crippen LogP contribution in [0.15, 0.2) is 60.8 Å². The van der Waals surface area contributed by atoms with Crippen LogP contribution >= 0.6 is 24.8 Å². The quantitative estimate of drug-likeness (QED) is 0.633. The van der Waals surface area contributed by atoms with Gasteiger partial charge in [-0.3, -0.25) is 4.79 Å². The number of hydrogen-bond acceptors (Lipinski definition) is 3. The number of aromatic nitrogens is 1. The van der Waals surface area contributed by atoms with E-state index >= 15 is 0 Å². The van der Waals surface area contributed by atoms with Gasteiger partial charge < -0.3 is 20.5 Å². The van der Waals surface area contributed by atoms with Gasteiger partial charge in [0.1, 0.15) is 5.54 Å². The third-order valence-corrected chi connectivity index (χ3v) is 4.67. The lowest BCUT2D eigenvalue weighted by Crippen LogP contribution is -2.45. The fourth-order valence-electron chi connectivity index (χ4n) is 2.94. The van der Waals surface area contributed by atoms with E-state index in [4.69, 9.17) is 5.73 Å². The summed E-state index contributed by atoms with van der Waals surface area (Å²) in [5.41, 5.74) is 7.85. The van der Waals surface area contributed by atoms with E-state index in [0.717, 1.165) is 35.2 Å². The molecule has 0 fully saturated rings. The van der Waals surface area contributed by atoms with Crippen LogP contribution in [0.5, 0.6) is 0 Å². The number of anilines is 1. The standard InChI is InChI=1S/C21H26N4O.2ClH/c1-21(22,17-7-5-4-6-8-17)20(26)23-18-10-9-16-11-12-25(19(16)15-18)14-13-24(2)3;;/h4-12,15H,13-14,22H2,1-3H3,(H,23,26);2*1H. The summed E-state index contributed by atoms with van der Waals surface area (Å²) in [7, 11) is 4.12. The summed E-state index contributed by atoms with van der Waals surface area (Å²) in [5, 5.41) is 4.12. The zero-order valence-corrected chi connectivity index (χ0v) is 18.0. The van der Waals surface area contributed by atoms with Gasteiger partial charge in [0.15, 0.2) is 0 Å². The summed E-state index contributed by atoms with van der Waals surface area (Å²) >= 11 is 0. The number of rotatable bonds is 6. The van der Waals surface area contributed by atoms with Crippen molar-refractivity contribution in [3.63, 3.8) is 0 Å². The zero-order valence-electron chi connectivity index (χ0n) is 16.4. The number of nitrogens with zero attached hydrogens (tertiary/aromatic N) is 2. The number of carbonyl (C=O) groups excluding carboxylic acids is 1. The Morgan fingerprint density at radius 1 is 1.11 bits per heavy atom. The molecule has 1 aromatic heterocycles. The van der Waals surface area contributed by atoms with E-state index in [-0.39, 0.29) is 30.7 Å². The van der Waals surface area contributed by atoms with E-state index in [1.165, 1.54) is 0 Å². The van der Waals surface area contributed by atoms with Crippen molar-refractivity contribution in [3.8, 4) is 0 Å². The fraction of sp³-hybridized carbons (Fsp3) is 0.286. The summed E-state index contributed by atoms with van der Waals surface area (Å²) in [6, 6.07) is 17.5. The third kappa shape index (κ3) is 5.26. The summed E-state index contributed by atoms with van der Waals surface area (Å²) in [5.74, 6) is -0.227. The molecule has 2 aromatic carbocycles. The van der Waals surface area contributed by atoms with Gasteiger partial charge in [0.05, 0.1) is 5.52 Å². The van der Waals surface area contributed by atoms with Crippen LogP contribution in [0.2, 0.25) is 0 Å². The van der Waals surface area contributed by atoms with Crippen LogP contribution in [0.3, 0.4) is 0 Å². The van der Waals surface area contributed by atoms with Crippen molar-refractivity contribution in [1.29, 1.82) is 0 Å². The maximum atomic E-state index is 12.8. The van der Waals surface area contributed by atoms with E-state index in [9.17, 15) is 4.79 Å². The number of halogens is 2. The predicted molar refractivity (Wildman–Crippen MR) is 122 cm³/mol. The van der Waals surface area contributed by atoms with Crippen molar-refractivity contribution in [1.82, 2.24) is 9.47 Å². The molecule has 1 amide bonds. The highest BCUT2D eigenvalue weighted by Crippen LogP contribution is 2.23. The van der Waals surface area contributed by atoms with Crippen molar-refractivity contribution in [2.45, 2.75) is 19.0 Å². The average molecular weight is 423 g/mol. The van der Waals surface area contributed by atoms with Gasteiger partial charge in [0.25, 0.3) is 0 Å². The van der Waals surface area contributed by atoms with Gasteiger partial charge in [-0.15, -0.1) is 24.8 Å². The first-order valence-electron chi connectivity index (χ1n) is 8.77. The summed E-state index contributed by atoms with van der Waals surface area (Å²) in [6.07, 6.45) is 2.08. The SMILES string of the molecule is CN(C)CCn1ccc2ccc(NC(=O)C(C)(N)c3ccccc3)cc21.Cl.Cl. The molecule has 28 heavy (non-hydrogen) atoms. The predicted octanol–water partition coefficient (Wildman–Crippen LogP) is 3.86. The minimum Gasteiger partial charge on any atom is -0.346 e. The number of fused-ring (bicyclic) bond motifs is 1. The Morgan fingerprint density at radius 2 is 1.79 bits per heavy atom.